The number of nitrogens with zero attached hydrogens (tertiary/aromatic N) is 3. The van der Waals surface area contributed by atoms with E-state index < -0.39 is 0 Å². The number of aromatic nitrogens is 3. The SMILES string of the molecule is Cc1nc2ccccn2c1C(=O)NCc1ccc(-c2ccco2)nc1. The van der Waals surface area contributed by atoms with Crippen LogP contribution >= 0.6 is 0 Å². The Morgan fingerprint density at radius 2 is 2.12 bits per heavy atom. The van der Waals surface area contributed by atoms with Crippen LogP contribution in [0.3, 0.4) is 0 Å². The highest BCUT2D eigenvalue weighted by Gasteiger charge is 2.15. The predicted octanol–water partition coefficient (Wildman–Crippen LogP) is 3.23. The molecule has 0 radical (unpaired) electrons. The predicted molar refractivity (Wildman–Crippen MR) is 93.0 cm³/mol. The summed E-state index contributed by atoms with van der Waals surface area (Å²) in [6, 6.07) is 13.1. The quantitative estimate of drug-likeness (QED) is 0.623. The van der Waals surface area contributed by atoms with Crippen LogP contribution in [-0.2, 0) is 6.54 Å². The van der Waals surface area contributed by atoms with Crippen LogP contribution in [-0.4, -0.2) is 20.3 Å². The molecule has 4 aromatic rings. The van der Waals surface area contributed by atoms with Crippen molar-refractivity contribution < 1.29 is 9.21 Å². The lowest BCUT2D eigenvalue weighted by Crippen LogP contribution is -2.25. The third kappa shape index (κ3) is 2.89. The third-order valence-electron chi connectivity index (χ3n) is 3.97. The normalized spacial score (nSPS) is 10.9. The zero-order valence-corrected chi connectivity index (χ0v) is 13.6. The van der Waals surface area contributed by atoms with Crippen LogP contribution in [0.25, 0.3) is 17.1 Å². The number of amides is 1. The van der Waals surface area contributed by atoms with E-state index >= 15 is 0 Å². The number of imidazole rings is 1. The summed E-state index contributed by atoms with van der Waals surface area (Å²) >= 11 is 0. The first-order valence-corrected chi connectivity index (χ1v) is 7.93. The van der Waals surface area contributed by atoms with Crippen LogP contribution in [0, 0.1) is 6.92 Å². The van der Waals surface area contributed by atoms with Crippen LogP contribution < -0.4 is 5.32 Å². The molecule has 0 spiro atoms. The molecule has 124 valence electrons. The zero-order valence-electron chi connectivity index (χ0n) is 13.6. The van der Waals surface area contributed by atoms with Crippen molar-refractivity contribution in [2.45, 2.75) is 13.5 Å². The van der Waals surface area contributed by atoms with Crippen molar-refractivity contribution >= 4 is 11.6 Å². The first-order valence-electron chi connectivity index (χ1n) is 7.93. The molecule has 0 aliphatic carbocycles. The van der Waals surface area contributed by atoms with E-state index in [0.29, 0.717) is 17.9 Å². The molecule has 1 amide bonds. The van der Waals surface area contributed by atoms with Crippen molar-refractivity contribution in [3.63, 3.8) is 0 Å². The monoisotopic (exact) mass is 332 g/mol. The number of fused-ring (bicyclic) bond motifs is 1. The molecule has 4 heterocycles. The lowest BCUT2D eigenvalue weighted by molar-refractivity contribution is 0.0944. The van der Waals surface area contributed by atoms with E-state index in [1.54, 1.807) is 16.9 Å². The lowest BCUT2D eigenvalue weighted by atomic mass is 10.2. The number of aryl methyl sites for hydroxylation is 1. The van der Waals surface area contributed by atoms with Gasteiger partial charge in [0.2, 0.25) is 0 Å². The Hall–Kier alpha value is -3.41. The summed E-state index contributed by atoms with van der Waals surface area (Å²) in [7, 11) is 0. The largest absolute Gasteiger partial charge is 0.463 e. The fourth-order valence-corrected chi connectivity index (χ4v) is 2.75. The molecular weight excluding hydrogens is 316 g/mol. The highest BCUT2D eigenvalue weighted by atomic mass is 16.3. The van der Waals surface area contributed by atoms with Gasteiger partial charge in [0.05, 0.1) is 12.0 Å². The van der Waals surface area contributed by atoms with Gasteiger partial charge in [-0.05, 0) is 42.8 Å². The first kappa shape index (κ1) is 15.1. The highest BCUT2D eigenvalue weighted by molar-refractivity contribution is 5.94. The molecule has 4 rings (SSSR count). The van der Waals surface area contributed by atoms with Gasteiger partial charge < -0.3 is 9.73 Å². The Morgan fingerprint density at radius 1 is 1.20 bits per heavy atom. The molecule has 4 aromatic heterocycles. The van der Waals surface area contributed by atoms with E-state index in [1.807, 2.05) is 55.6 Å². The average molecular weight is 332 g/mol. The van der Waals surface area contributed by atoms with Crippen LogP contribution in [0.1, 0.15) is 21.7 Å². The van der Waals surface area contributed by atoms with Crippen LogP contribution in [0.4, 0.5) is 0 Å². The van der Waals surface area contributed by atoms with E-state index in [-0.39, 0.29) is 5.91 Å². The van der Waals surface area contributed by atoms with E-state index in [4.69, 9.17) is 4.42 Å². The molecule has 0 aromatic carbocycles. The van der Waals surface area contributed by atoms with Crippen LogP contribution in [0.5, 0.6) is 0 Å². The second kappa shape index (κ2) is 6.24. The molecule has 0 bridgehead atoms. The van der Waals surface area contributed by atoms with Gasteiger partial charge in [-0.3, -0.25) is 14.2 Å². The Labute approximate surface area is 144 Å². The van der Waals surface area contributed by atoms with Gasteiger partial charge in [-0.2, -0.15) is 0 Å². The number of carbonyl (C=O) groups is 1. The number of pyridine rings is 2. The van der Waals surface area contributed by atoms with Gasteiger partial charge in [-0.15, -0.1) is 0 Å². The van der Waals surface area contributed by atoms with Crippen molar-refractivity contribution in [3.8, 4) is 11.5 Å². The highest BCUT2D eigenvalue weighted by Crippen LogP contribution is 2.17. The Bertz CT molecular complexity index is 1020. The second-order valence-corrected chi connectivity index (χ2v) is 5.69. The Balaban J connectivity index is 1.49. The molecule has 0 unspecified atom stereocenters. The summed E-state index contributed by atoms with van der Waals surface area (Å²) in [4.78, 5) is 21.3. The maximum atomic E-state index is 12.6. The summed E-state index contributed by atoms with van der Waals surface area (Å²) in [6.07, 6.45) is 5.19. The standard InChI is InChI=1S/C19H16N4O2/c1-13-18(23-9-3-2-6-17(23)22-13)19(24)21-12-14-7-8-15(20-11-14)16-5-4-10-25-16/h2-11H,12H2,1H3,(H,21,24). The van der Waals surface area contributed by atoms with Gasteiger partial charge >= 0.3 is 0 Å². The molecule has 0 atom stereocenters. The second-order valence-electron chi connectivity index (χ2n) is 5.69. The molecule has 0 aliphatic rings. The molecule has 0 fully saturated rings. The van der Waals surface area contributed by atoms with Crippen LogP contribution in [0.15, 0.2) is 65.5 Å². The molecule has 0 saturated heterocycles. The summed E-state index contributed by atoms with van der Waals surface area (Å²) in [5.74, 6) is 0.559. The van der Waals surface area contributed by atoms with Gasteiger partial charge in [-0.25, -0.2) is 4.98 Å². The third-order valence-corrected chi connectivity index (χ3v) is 3.97. The van der Waals surface area contributed by atoms with Crippen molar-refractivity contribution in [3.05, 3.63) is 78.1 Å². The summed E-state index contributed by atoms with van der Waals surface area (Å²) in [5.41, 5.74) is 3.69. The Kier molecular flexibility index (Phi) is 3.78. The van der Waals surface area contributed by atoms with Crippen molar-refractivity contribution in [2.75, 3.05) is 0 Å². The molecule has 6 heteroatoms. The molecular formula is C19H16N4O2. The Morgan fingerprint density at radius 3 is 2.88 bits per heavy atom. The minimum Gasteiger partial charge on any atom is -0.463 e. The number of hydrogen-bond donors (Lipinski definition) is 1. The van der Waals surface area contributed by atoms with E-state index in [1.165, 1.54) is 0 Å². The van der Waals surface area contributed by atoms with Gasteiger partial charge in [0.1, 0.15) is 17.0 Å². The van der Waals surface area contributed by atoms with Crippen LogP contribution in [0.2, 0.25) is 0 Å². The number of rotatable bonds is 4. The summed E-state index contributed by atoms with van der Waals surface area (Å²) in [6.45, 7) is 2.23. The number of carbonyl (C=O) groups excluding carboxylic acids is 1. The van der Waals surface area contributed by atoms with E-state index in [0.717, 1.165) is 22.7 Å². The van der Waals surface area contributed by atoms with Gasteiger partial charge in [0.25, 0.3) is 5.91 Å². The lowest BCUT2D eigenvalue weighted by Gasteiger charge is -2.06. The molecule has 0 aliphatic heterocycles. The topological polar surface area (TPSA) is 72.4 Å². The first-order chi connectivity index (χ1) is 12.2. The van der Waals surface area contributed by atoms with Gasteiger partial charge in [-0.1, -0.05) is 12.1 Å². The van der Waals surface area contributed by atoms with E-state index in [2.05, 4.69) is 15.3 Å². The molecule has 25 heavy (non-hydrogen) atoms. The fourth-order valence-electron chi connectivity index (χ4n) is 2.75. The van der Waals surface area contributed by atoms with Crippen molar-refractivity contribution in [1.82, 2.24) is 19.7 Å². The number of hydrogen-bond acceptors (Lipinski definition) is 4. The van der Waals surface area contributed by atoms with Crippen molar-refractivity contribution in [2.24, 2.45) is 0 Å². The summed E-state index contributed by atoms with van der Waals surface area (Å²) in [5, 5.41) is 2.93. The summed E-state index contributed by atoms with van der Waals surface area (Å²) < 4.78 is 7.11. The van der Waals surface area contributed by atoms with Gasteiger partial charge in [0.15, 0.2) is 5.76 Å². The molecule has 6 nitrogen and oxygen atoms in total. The minimum atomic E-state index is -0.161. The van der Waals surface area contributed by atoms with Gasteiger partial charge in [0, 0.05) is 18.9 Å². The minimum absolute atomic E-state index is 0.161. The van der Waals surface area contributed by atoms with Crippen molar-refractivity contribution in [1.29, 1.82) is 0 Å². The fraction of sp³-hybridized carbons (Fsp3) is 0.105. The number of furan rings is 1. The zero-order chi connectivity index (χ0) is 17.2. The molecule has 0 saturated carbocycles. The molecule has 1 N–H and O–H groups in total. The van der Waals surface area contributed by atoms with E-state index in [9.17, 15) is 4.79 Å². The maximum absolute atomic E-state index is 12.6. The average Bonchev–Trinajstić information content (AvgIpc) is 3.27. The maximum Gasteiger partial charge on any atom is 0.270 e. The smallest absolute Gasteiger partial charge is 0.270 e. The number of nitrogens with one attached hydrogen (secondary N) is 1.